The van der Waals surface area contributed by atoms with E-state index in [2.05, 4.69) is 11.0 Å². The predicted octanol–water partition coefficient (Wildman–Crippen LogP) is 0.882. The van der Waals surface area contributed by atoms with Gasteiger partial charge in [-0.05, 0) is 12.1 Å². The second-order valence-electron chi connectivity index (χ2n) is 3.77. The van der Waals surface area contributed by atoms with Crippen LogP contribution in [0.25, 0.3) is 0 Å². The maximum atomic E-state index is 10.5. The van der Waals surface area contributed by atoms with Crippen LogP contribution in [0.5, 0.6) is 5.75 Å². The standard InChI is InChI=1S/C12H15N2O2.Fe/c1-16-12-4-2-3-11(9-12)14-7-5-13(10-15)6-8-14;/h2-4,9H,5-8H2,1H3;/q-1;. The van der Waals surface area contributed by atoms with E-state index in [0.29, 0.717) is 0 Å². The zero-order chi connectivity index (χ0) is 11.4. The molecule has 1 heterocycles. The molecule has 0 radical (unpaired) electrons. The van der Waals surface area contributed by atoms with Crippen LogP contribution in [0.2, 0.25) is 0 Å². The maximum absolute atomic E-state index is 10.5. The first-order valence-electron chi connectivity index (χ1n) is 5.35. The number of hydrogen-bond acceptors (Lipinski definition) is 3. The first-order valence-corrected chi connectivity index (χ1v) is 5.35. The van der Waals surface area contributed by atoms with Crippen molar-refractivity contribution in [2.45, 2.75) is 0 Å². The summed E-state index contributed by atoms with van der Waals surface area (Å²) in [6.45, 7) is 3.17. The van der Waals surface area contributed by atoms with Crippen LogP contribution in [0.1, 0.15) is 0 Å². The molecule has 1 aliphatic rings. The van der Waals surface area contributed by atoms with E-state index in [1.54, 1.807) is 12.0 Å². The normalized spacial score (nSPS) is 15.1. The molecule has 94 valence electrons. The molecule has 0 aliphatic carbocycles. The fourth-order valence-electron chi connectivity index (χ4n) is 1.86. The molecular formula is C12H15FeN2O2-. The van der Waals surface area contributed by atoms with Crippen LogP contribution in [0.3, 0.4) is 0 Å². The van der Waals surface area contributed by atoms with Crippen LogP contribution in [0.4, 0.5) is 5.69 Å². The molecule has 0 spiro atoms. The first kappa shape index (κ1) is 13.9. The van der Waals surface area contributed by atoms with Crippen molar-refractivity contribution < 1.29 is 26.6 Å². The van der Waals surface area contributed by atoms with Crippen molar-refractivity contribution in [2.75, 3.05) is 38.2 Å². The number of methoxy groups -OCH3 is 1. The van der Waals surface area contributed by atoms with E-state index in [0.717, 1.165) is 37.6 Å². The third kappa shape index (κ3) is 3.38. The molecule has 1 amide bonds. The molecule has 17 heavy (non-hydrogen) atoms. The number of anilines is 1. The van der Waals surface area contributed by atoms with Gasteiger partial charge in [0.05, 0.1) is 7.11 Å². The quantitative estimate of drug-likeness (QED) is 0.606. The Morgan fingerprint density at radius 2 is 1.94 bits per heavy atom. The van der Waals surface area contributed by atoms with Gasteiger partial charge in [-0.1, -0.05) is 6.07 Å². The second kappa shape index (κ2) is 6.52. The summed E-state index contributed by atoms with van der Waals surface area (Å²) in [4.78, 5) is 14.4. The molecule has 1 aliphatic heterocycles. The summed E-state index contributed by atoms with van der Waals surface area (Å²) in [5, 5.41) is 0. The zero-order valence-electron chi connectivity index (χ0n) is 9.70. The molecule has 0 N–H and O–H groups in total. The van der Waals surface area contributed by atoms with Gasteiger partial charge in [0.15, 0.2) is 0 Å². The van der Waals surface area contributed by atoms with Crippen LogP contribution >= 0.6 is 0 Å². The van der Waals surface area contributed by atoms with Crippen molar-refractivity contribution in [3.63, 3.8) is 0 Å². The third-order valence-electron chi connectivity index (χ3n) is 2.83. The molecule has 0 unspecified atom stereocenters. The molecule has 0 bridgehead atoms. The Morgan fingerprint density at radius 3 is 2.53 bits per heavy atom. The number of piperazine rings is 1. The summed E-state index contributed by atoms with van der Waals surface area (Å²) in [6.07, 6.45) is 1.93. The van der Waals surface area contributed by atoms with Crippen LogP contribution in [0.15, 0.2) is 24.3 Å². The fraction of sp³-hybridized carbons (Fsp3) is 0.417. The molecular weight excluding hydrogens is 260 g/mol. The molecule has 5 heteroatoms. The summed E-state index contributed by atoms with van der Waals surface area (Å²) >= 11 is 0. The molecule has 1 saturated heterocycles. The number of nitrogens with zero attached hydrogens (tertiary/aromatic N) is 2. The Morgan fingerprint density at radius 1 is 1.24 bits per heavy atom. The Bertz CT molecular complexity index is 365. The first-order chi connectivity index (χ1) is 7.83. The summed E-state index contributed by atoms with van der Waals surface area (Å²) in [7, 11) is 1.67. The Kier molecular flexibility index (Phi) is 5.32. The Balaban J connectivity index is 0.00000144. The number of ether oxygens (including phenoxy) is 1. The van der Waals surface area contributed by atoms with E-state index >= 15 is 0 Å². The number of benzene rings is 1. The Labute approximate surface area is 112 Å². The fourth-order valence-corrected chi connectivity index (χ4v) is 1.86. The van der Waals surface area contributed by atoms with Gasteiger partial charge in [0, 0.05) is 55.0 Å². The molecule has 1 fully saturated rings. The minimum Gasteiger partial charge on any atom is -0.520 e. The summed E-state index contributed by atoms with van der Waals surface area (Å²) in [5.41, 5.74) is 1.14. The number of hydrogen-bond donors (Lipinski definition) is 0. The topological polar surface area (TPSA) is 32.8 Å². The SMILES string of the molecule is COc1cccc(N2CCN([C-]=O)CC2)c1.[Fe]. The van der Waals surface area contributed by atoms with E-state index < -0.39 is 0 Å². The van der Waals surface area contributed by atoms with Gasteiger partial charge in [-0.25, -0.2) is 0 Å². The van der Waals surface area contributed by atoms with Gasteiger partial charge in [0.1, 0.15) is 5.75 Å². The molecule has 1 aromatic carbocycles. The van der Waals surface area contributed by atoms with Gasteiger partial charge in [-0.2, -0.15) is 6.41 Å². The van der Waals surface area contributed by atoms with Crippen molar-refractivity contribution in [2.24, 2.45) is 0 Å². The average molecular weight is 275 g/mol. The largest absolute Gasteiger partial charge is 0.520 e. The minimum atomic E-state index is 0. The number of amides is 1. The van der Waals surface area contributed by atoms with Crippen LogP contribution < -0.4 is 9.64 Å². The zero-order valence-corrected chi connectivity index (χ0v) is 10.8. The molecule has 2 rings (SSSR count). The van der Waals surface area contributed by atoms with Gasteiger partial charge in [-0.3, -0.25) is 0 Å². The van der Waals surface area contributed by atoms with Gasteiger partial charge >= 0.3 is 0 Å². The maximum Gasteiger partial charge on any atom is 0.120 e. The van der Waals surface area contributed by atoms with E-state index in [1.165, 1.54) is 0 Å². The van der Waals surface area contributed by atoms with Crippen molar-refractivity contribution in [1.29, 1.82) is 0 Å². The van der Waals surface area contributed by atoms with Crippen LogP contribution in [-0.2, 0) is 21.9 Å². The van der Waals surface area contributed by atoms with Gasteiger partial charge in [0.2, 0.25) is 0 Å². The summed E-state index contributed by atoms with van der Waals surface area (Å²) in [5.74, 6) is 0.863. The van der Waals surface area contributed by atoms with E-state index in [9.17, 15) is 4.79 Å². The van der Waals surface area contributed by atoms with E-state index in [4.69, 9.17) is 4.74 Å². The van der Waals surface area contributed by atoms with Gasteiger partial charge in [0.25, 0.3) is 0 Å². The molecule has 0 saturated carbocycles. The van der Waals surface area contributed by atoms with E-state index in [-0.39, 0.29) is 17.1 Å². The molecule has 0 atom stereocenters. The summed E-state index contributed by atoms with van der Waals surface area (Å²) < 4.78 is 5.19. The minimum absolute atomic E-state index is 0. The molecule has 4 nitrogen and oxygen atoms in total. The van der Waals surface area contributed by atoms with Gasteiger partial charge in [-0.15, -0.1) is 0 Å². The molecule has 1 aromatic rings. The predicted molar refractivity (Wildman–Crippen MR) is 62.5 cm³/mol. The molecule has 0 aromatic heterocycles. The van der Waals surface area contributed by atoms with E-state index in [1.807, 2.05) is 24.6 Å². The van der Waals surface area contributed by atoms with Crippen molar-refractivity contribution in [3.8, 4) is 5.75 Å². The van der Waals surface area contributed by atoms with Crippen molar-refractivity contribution >= 4 is 12.1 Å². The van der Waals surface area contributed by atoms with Crippen LogP contribution in [0, 0.1) is 0 Å². The average Bonchev–Trinajstić information content (AvgIpc) is 2.39. The second-order valence-corrected chi connectivity index (χ2v) is 3.77. The third-order valence-corrected chi connectivity index (χ3v) is 2.83. The monoisotopic (exact) mass is 275 g/mol. The van der Waals surface area contributed by atoms with Crippen molar-refractivity contribution in [3.05, 3.63) is 24.3 Å². The summed E-state index contributed by atoms with van der Waals surface area (Å²) in [6, 6.07) is 7.98. The Hall–Kier alpha value is -1.19. The van der Waals surface area contributed by atoms with Crippen LogP contribution in [-0.4, -0.2) is 44.6 Å². The van der Waals surface area contributed by atoms with Gasteiger partial charge < -0.3 is 19.3 Å². The smallest absolute Gasteiger partial charge is 0.120 e. The number of carbonyl (C=O) groups excluding carboxylic acids is 1. The number of rotatable bonds is 3. The van der Waals surface area contributed by atoms with Crippen molar-refractivity contribution in [1.82, 2.24) is 4.90 Å².